The number of hydrogen-bond donors (Lipinski definition) is 2. The van der Waals surface area contributed by atoms with Gasteiger partial charge in [0.15, 0.2) is 0 Å². The summed E-state index contributed by atoms with van der Waals surface area (Å²) in [6, 6.07) is 11.5. The van der Waals surface area contributed by atoms with Gasteiger partial charge in [-0.05, 0) is 61.9 Å². The van der Waals surface area contributed by atoms with Crippen LogP contribution < -0.4 is 11.1 Å². The maximum atomic E-state index is 15.2. The van der Waals surface area contributed by atoms with E-state index in [0.29, 0.717) is 22.7 Å². The Hall–Kier alpha value is -3.03. The molecule has 0 saturated heterocycles. The van der Waals surface area contributed by atoms with Gasteiger partial charge in [-0.2, -0.15) is 0 Å². The van der Waals surface area contributed by atoms with Gasteiger partial charge in [-0.1, -0.05) is 43.1 Å². The molecule has 0 unspecified atom stereocenters. The van der Waals surface area contributed by atoms with Gasteiger partial charge in [0.25, 0.3) is 5.91 Å². The number of carbonyl (C=O) groups excluding carboxylic acids is 1. The van der Waals surface area contributed by atoms with E-state index < -0.39 is 11.7 Å². The Morgan fingerprint density at radius 3 is 2.67 bits per heavy atom. The van der Waals surface area contributed by atoms with Crippen LogP contribution in [-0.2, 0) is 4.74 Å². The number of nitrogen functional groups attached to an aromatic ring is 1. The molecular weight excluding hydrogens is 479 g/mol. The number of benzene rings is 2. The van der Waals surface area contributed by atoms with E-state index in [4.69, 9.17) is 27.1 Å². The summed E-state index contributed by atoms with van der Waals surface area (Å²) in [5, 5.41) is 3.54. The van der Waals surface area contributed by atoms with Crippen LogP contribution in [0.1, 0.15) is 79.0 Å². The minimum absolute atomic E-state index is 0.0394. The summed E-state index contributed by atoms with van der Waals surface area (Å²) in [5.41, 5.74) is 8.72. The van der Waals surface area contributed by atoms with E-state index in [1.807, 2.05) is 25.1 Å². The van der Waals surface area contributed by atoms with E-state index in [-0.39, 0.29) is 29.4 Å². The largest absolute Gasteiger partial charge is 0.382 e. The molecule has 1 aromatic heterocycles. The molecule has 1 fully saturated rings. The molecule has 0 spiro atoms. The van der Waals surface area contributed by atoms with E-state index >= 15 is 4.39 Å². The van der Waals surface area contributed by atoms with Crippen molar-refractivity contribution in [2.24, 2.45) is 0 Å². The van der Waals surface area contributed by atoms with Crippen molar-refractivity contribution in [1.82, 2.24) is 15.3 Å². The number of rotatable bonds is 8. The van der Waals surface area contributed by atoms with Crippen molar-refractivity contribution in [2.75, 3.05) is 12.8 Å². The van der Waals surface area contributed by atoms with Crippen LogP contribution in [0.3, 0.4) is 0 Å². The predicted molar refractivity (Wildman–Crippen MR) is 140 cm³/mol. The SMILES string of the molecule is CCC[C@@H](NC(=O)c1ccc(-c2nc(C3CCC(OC)CC3)cnc2N)cc1F)c1cccc(Cl)c1. The zero-order chi connectivity index (χ0) is 25.7. The average molecular weight is 511 g/mol. The lowest BCUT2D eigenvalue weighted by Crippen LogP contribution is -2.29. The van der Waals surface area contributed by atoms with Crippen LogP contribution in [0.5, 0.6) is 0 Å². The molecule has 3 aromatic rings. The second kappa shape index (κ2) is 11.8. The van der Waals surface area contributed by atoms with Crippen LogP contribution in [0, 0.1) is 5.82 Å². The van der Waals surface area contributed by atoms with E-state index in [1.165, 1.54) is 12.1 Å². The summed E-state index contributed by atoms with van der Waals surface area (Å²) in [5.74, 6) is -0.635. The first-order valence-corrected chi connectivity index (χ1v) is 12.8. The topological polar surface area (TPSA) is 90.1 Å². The summed E-state index contributed by atoms with van der Waals surface area (Å²) >= 11 is 6.13. The zero-order valence-electron chi connectivity index (χ0n) is 20.6. The van der Waals surface area contributed by atoms with E-state index in [9.17, 15) is 4.79 Å². The number of methoxy groups -OCH3 is 1. The second-order valence-corrected chi connectivity index (χ2v) is 9.74. The molecule has 1 amide bonds. The van der Waals surface area contributed by atoms with Crippen LogP contribution in [0.25, 0.3) is 11.3 Å². The first kappa shape index (κ1) is 26.0. The molecular formula is C28H32ClFN4O2. The van der Waals surface area contributed by atoms with Gasteiger partial charge >= 0.3 is 0 Å². The standard InChI is InChI=1S/C28H32ClFN4O2/c1-3-5-24(18-6-4-7-20(29)14-18)34-28(35)22-13-10-19(15-23(22)30)26-27(31)32-16-25(33-26)17-8-11-21(36-2)12-9-17/h4,6-7,10,13-17,21,24H,3,5,8-9,11-12H2,1-2H3,(H2,31,32)(H,34,35)/t17?,21?,24-/m1/s1. The highest BCUT2D eigenvalue weighted by molar-refractivity contribution is 6.30. The first-order chi connectivity index (χ1) is 17.4. The highest BCUT2D eigenvalue weighted by Gasteiger charge is 2.25. The number of aromatic nitrogens is 2. The van der Waals surface area contributed by atoms with E-state index in [2.05, 4.69) is 10.3 Å². The van der Waals surface area contributed by atoms with Crippen LogP contribution in [-0.4, -0.2) is 29.1 Å². The van der Waals surface area contributed by atoms with Gasteiger partial charge < -0.3 is 15.8 Å². The minimum atomic E-state index is -0.640. The fraction of sp³-hybridized carbons (Fsp3) is 0.393. The molecule has 0 aliphatic heterocycles. The van der Waals surface area contributed by atoms with Crippen LogP contribution >= 0.6 is 11.6 Å². The number of halogens is 2. The molecule has 8 heteroatoms. The molecule has 3 N–H and O–H groups in total. The fourth-order valence-electron chi connectivity index (χ4n) is 4.83. The number of nitrogens with two attached hydrogens (primary N) is 1. The van der Waals surface area contributed by atoms with Gasteiger partial charge in [-0.3, -0.25) is 4.79 Å². The molecule has 1 aliphatic rings. The third kappa shape index (κ3) is 6.02. The normalized spacial score (nSPS) is 18.6. The first-order valence-electron chi connectivity index (χ1n) is 12.4. The molecule has 1 heterocycles. The number of anilines is 1. The van der Waals surface area contributed by atoms with Crippen molar-refractivity contribution < 1.29 is 13.9 Å². The molecule has 4 rings (SSSR count). The molecule has 1 saturated carbocycles. The van der Waals surface area contributed by atoms with Gasteiger partial charge in [-0.25, -0.2) is 14.4 Å². The van der Waals surface area contributed by atoms with E-state index in [1.54, 1.807) is 25.4 Å². The van der Waals surface area contributed by atoms with Crippen molar-refractivity contribution in [3.8, 4) is 11.3 Å². The van der Waals surface area contributed by atoms with Gasteiger partial charge in [0, 0.05) is 23.6 Å². The van der Waals surface area contributed by atoms with Crippen molar-refractivity contribution in [2.45, 2.75) is 63.5 Å². The van der Waals surface area contributed by atoms with Crippen LogP contribution in [0.15, 0.2) is 48.7 Å². The lowest BCUT2D eigenvalue weighted by Gasteiger charge is -2.27. The van der Waals surface area contributed by atoms with Crippen molar-refractivity contribution in [3.63, 3.8) is 0 Å². The Kier molecular flexibility index (Phi) is 8.54. The summed E-state index contributed by atoms with van der Waals surface area (Å²) in [6.07, 6.45) is 7.39. The maximum absolute atomic E-state index is 15.2. The minimum Gasteiger partial charge on any atom is -0.382 e. The number of amides is 1. The third-order valence-corrected chi connectivity index (χ3v) is 7.10. The Morgan fingerprint density at radius 2 is 2.00 bits per heavy atom. The van der Waals surface area contributed by atoms with Gasteiger partial charge in [0.1, 0.15) is 17.3 Å². The fourth-order valence-corrected chi connectivity index (χ4v) is 5.03. The smallest absolute Gasteiger partial charge is 0.254 e. The van der Waals surface area contributed by atoms with Crippen LogP contribution in [0.4, 0.5) is 10.2 Å². The molecule has 2 aromatic carbocycles. The summed E-state index contributed by atoms with van der Waals surface area (Å²) in [7, 11) is 1.74. The molecule has 0 radical (unpaired) electrons. The Morgan fingerprint density at radius 1 is 1.22 bits per heavy atom. The number of hydrogen-bond acceptors (Lipinski definition) is 5. The number of carbonyl (C=O) groups is 1. The number of nitrogens with one attached hydrogen (secondary N) is 1. The van der Waals surface area contributed by atoms with Crippen molar-refractivity contribution in [1.29, 1.82) is 0 Å². The van der Waals surface area contributed by atoms with Crippen molar-refractivity contribution >= 4 is 23.3 Å². The Bertz CT molecular complexity index is 1210. The van der Waals surface area contributed by atoms with E-state index in [0.717, 1.165) is 43.4 Å². The van der Waals surface area contributed by atoms with Crippen molar-refractivity contribution in [3.05, 3.63) is 76.3 Å². The second-order valence-electron chi connectivity index (χ2n) is 9.30. The monoisotopic (exact) mass is 510 g/mol. The number of ether oxygens (including phenoxy) is 1. The molecule has 1 atom stereocenters. The Balaban J connectivity index is 1.54. The quantitative estimate of drug-likeness (QED) is 0.363. The summed E-state index contributed by atoms with van der Waals surface area (Å²) < 4.78 is 20.6. The lowest BCUT2D eigenvalue weighted by atomic mass is 9.85. The molecule has 190 valence electrons. The highest BCUT2D eigenvalue weighted by atomic mass is 35.5. The molecule has 6 nitrogen and oxygen atoms in total. The number of nitrogens with zero attached hydrogens (tertiary/aromatic N) is 2. The van der Waals surface area contributed by atoms with Gasteiger partial charge in [0.05, 0.1) is 29.6 Å². The maximum Gasteiger partial charge on any atom is 0.254 e. The molecule has 36 heavy (non-hydrogen) atoms. The summed E-state index contributed by atoms with van der Waals surface area (Å²) in [4.78, 5) is 22.1. The average Bonchev–Trinajstić information content (AvgIpc) is 2.88. The molecule has 1 aliphatic carbocycles. The predicted octanol–water partition coefficient (Wildman–Crippen LogP) is 6.46. The molecule has 0 bridgehead atoms. The van der Waals surface area contributed by atoms with Crippen LogP contribution in [0.2, 0.25) is 5.02 Å². The lowest BCUT2D eigenvalue weighted by molar-refractivity contribution is 0.0655. The summed E-state index contributed by atoms with van der Waals surface area (Å²) in [6.45, 7) is 2.03. The zero-order valence-corrected chi connectivity index (χ0v) is 21.4. The van der Waals surface area contributed by atoms with Gasteiger partial charge in [-0.15, -0.1) is 0 Å². The Labute approximate surface area is 216 Å². The van der Waals surface area contributed by atoms with Gasteiger partial charge in [0.2, 0.25) is 0 Å². The third-order valence-electron chi connectivity index (χ3n) is 6.87. The highest BCUT2D eigenvalue weighted by Crippen LogP contribution is 2.34.